The molecule has 0 aliphatic rings. The van der Waals surface area contributed by atoms with Gasteiger partial charge in [-0.15, -0.1) is 18.9 Å². The second-order valence-electron chi connectivity index (χ2n) is 8.51. The second kappa shape index (κ2) is 16.8. The van der Waals surface area contributed by atoms with Crippen molar-refractivity contribution >= 4 is 83.6 Å². The van der Waals surface area contributed by atoms with E-state index in [1.807, 2.05) is 0 Å². The maximum absolute atomic E-state index is 12.3. The van der Waals surface area contributed by atoms with Crippen LogP contribution in [-0.2, 0) is 43.4 Å². The molecule has 3 rings (SSSR count). The summed E-state index contributed by atoms with van der Waals surface area (Å²) in [6.07, 6.45) is 0. The first-order valence-electron chi connectivity index (χ1n) is 12.2. The smallest absolute Gasteiger partial charge is 0.319 e. The van der Waals surface area contributed by atoms with Crippen molar-refractivity contribution in [3.05, 3.63) is 48.4 Å². The number of ether oxygens (including phenoxy) is 1. The number of hydrogen-bond acceptors (Lipinski definition) is 18. The SMILES string of the molecule is C=CS(=O)(=O)CCOCCNC(=O)Nc1ccc(N=Nc2c(N)c(S(=O)(=O)O)cc3cc(SOOO)cc(O)c23)c(SOOO)c1. The van der Waals surface area contributed by atoms with Crippen molar-refractivity contribution in [2.45, 2.75) is 14.7 Å². The number of nitrogens with zero attached hydrogens (tertiary/aromatic N) is 2. The summed E-state index contributed by atoms with van der Waals surface area (Å²) in [5.41, 5.74) is 5.31. The molecule has 0 spiro atoms. The van der Waals surface area contributed by atoms with Gasteiger partial charge in [-0.2, -0.15) is 8.42 Å². The fourth-order valence-corrected chi connectivity index (χ4v) is 5.64. The van der Waals surface area contributed by atoms with Crippen LogP contribution in [0.1, 0.15) is 0 Å². The quantitative estimate of drug-likeness (QED) is 0.0194. The maximum atomic E-state index is 12.3. The van der Waals surface area contributed by atoms with Gasteiger partial charge in [0.25, 0.3) is 10.1 Å². The fourth-order valence-electron chi connectivity index (χ4n) is 3.55. The standard InChI is InChI=1S/C23H25N5O14S4/c1-2-45(33,34)8-7-38-6-5-25-23(30)26-14-3-4-16(18(11-14)44-42-40-32)27-28-22-20-13(10-19(21(22)24)46(35,36)37)9-15(12-17(20)29)43-41-39-31/h2-4,9-12,29,31-32H,1,5-8,24H2,(H2,25,26,30)(H,35,36,37). The number of fused-ring (bicyclic) bond motifs is 1. The molecule has 250 valence electrons. The Labute approximate surface area is 269 Å². The summed E-state index contributed by atoms with van der Waals surface area (Å²) in [6, 6.07) is 6.87. The lowest BCUT2D eigenvalue weighted by atomic mass is 10.1. The van der Waals surface area contributed by atoms with E-state index < -0.39 is 42.3 Å². The minimum Gasteiger partial charge on any atom is -0.507 e. The number of carbonyl (C=O) groups excluding carboxylic acids is 1. The number of hydrogen-bond donors (Lipinski definition) is 7. The zero-order valence-electron chi connectivity index (χ0n) is 23.1. The lowest BCUT2D eigenvalue weighted by molar-refractivity contribution is -0.432. The molecule has 0 heterocycles. The molecular weight excluding hydrogens is 699 g/mol. The number of phenols is 1. The van der Waals surface area contributed by atoms with E-state index in [1.165, 1.54) is 24.3 Å². The van der Waals surface area contributed by atoms with Crippen molar-refractivity contribution in [2.24, 2.45) is 10.2 Å². The van der Waals surface area contributed by atoms with E-state index in [0.717, 1.165) is 17.5 Å². The summed E-state index contributed by atoms with van der Waals surface area (Å²) in [5, 5.41) is 48.7. The predicted octanol–water partition coefficient (Wildman–Crippen LogP) is 4.34. The molecule has 3 aromatic rings. The Hall–Kier alpha value is -3.59. The van der Waals surface area contributed by atoms with Crippen LogP contribution < -0.4 is 16.4 Å². The molecule has 19 nitrogen and oxygen atoms in total. The van der Waals surface area contributed by atoms with Crippen LogP contribution in [0.5, 0.6) is 5.75 Å². The molecule has 0 atom stereocenters. The van der Waals surface area contributed by atoms with E-state index in [-0.39, 0.29) is 63.1 Å². The van der Waals surface area contributed by atoms with Gasteiger partial charge in [-0.25, -0.2) is 23.7 Å². The first kappa shape index (κ1) is 36.9. The second-order valence-corrected chi connectivity index (χ2v) is 13.5. The zero-order chi connectivity index (χ0) is 33.9. The van der Waals surface area contributed by atoms with Crippen LogP contribution >= 0.6 is 24.1 Å². The largest absolute Gasteiger partial charge is 0.507 e. The van der Waals surface area contributed by atoms with E-state index in [1.54, 1.807) is 0 Å². The number of nitrogen functional groups attached to an aromatic ring is 1. The number of nitrogens with one attached hydrogen (secondary N) is 2. The lowest BCUT2D eigenvalue weighted by Gasteiger charge is -2.12. The van der Waals surface area contributed by atoms with E-state index in [2.05, 4.69) is 46.2 Å². The van der Waals surface area contributed by atoms with Crippen molar-refractivity contribution in [3.63, 3.8) is 0 Å². The third-order valence-corrected chi connectivity index (χ3v) is 8.86. The molecule has 46 heavy (non-hydrogen) atoms. The summed E-state index contributed by atoms with van der Waals surface area (Å²) in [4.78, 5) is 11.8. The fraction of sp³-hybridized carbons (Fsp3) is 0.174. The van der Waals surface area contributed by atoms with Crippen molar-refractivity contribution in [2.75, 3.05) is 36.6 Å². The number of azo groups is 1. The van der Waals surface area contributed by atoms with Gasteiger partial charge in [-0.3, -0.25) is 4.55 Å². The third kappa shape index (κ3) is 10.5. The van der Waals surface area contributed by atoms with Gasteiger partial charge in [-0.1, -0.05) is 16.7 Å². The van der Waals surface area contributed by atoms with Crippen molar-refractivity contribution < 1.29 is 65.3 Å². The molecule has 0 aromatic heterocycles. The van der Waals surface area contributed by atoms with Crippen LogP contribution in [0.3, 0.4) is 0 Å². The summed E-state index contributed by atoms with van der Waals surface area (Å²) < 4.78 is 70.5. The Morgan fingerprint density at radius 3 is 2.41 bits per heavy atom. The molecule has 0 radical (unpaired) electrons. The summed E-state index contributed by atoms with van der Waals surface area (Å²) in [6.45, 7) is 3.18. The molecule has 23 heteroatoms. The highest BCUT2D eigenvalue weighted by molar-refractivity contribution is 7.95. The van der Waals surface area contributed by atoms with Gasteiger partial charge in [0.2, 0.25) is 0 Å². The maximum Gasteiger partial charge on any atom is 0.319 e. The summed E-state index contributed by atoms with van der Waals surface area (Å²) in [5.74, 6) is -0.715. The number of rotatable bonds is 17. The summed E-state index contributed by atoms with van der Waals surface area (Å²) >= 11 is 0.908. The van der Waals surface area contributed by atoms with Crippen molar-refractivity contribution in [1.29, 1.82) is 0 Å². The monoisotopic (exact) mass is 723 g/mol. The number of aromatic hydroxyl groups is 1. The number of carbonyl (C=O) groups is 1. The molecule has 0 aliphatic carbocycles. The van der Waals surface area contributed by atoms with Crippen LogP contribution in [0.2, 0.25) is 0 Å². The Bertz CT molecular complexity index is 1820. The van der Waals surface area contributed by atoms with E-state index in [4.69, 9.17) is 21.0 Å². The van der Waals surface area contributed by atoms with Crippen LogP contribution in [0.4, 0.5) is 27.5 Å². The minimum atomic E-state index is -4.89. The number of nitrogens with two attached hydrogens (primary N) is 1. The van der Waals surface area contributed by atoms with Gasteiger partial charge >= 0.3 is 6.03 Å². The Morgan fingerprint density at radius 1 is 1.02 bits per heavy atom. The van der Waals surface area contributed by atoms with Crippen LogP contribution in [0.25, 0.3) is 10.8 Å². The average molecular weight is 724 g/mol. The number of sulfone groups is 1. The normalized spacial score (nSPS) is 12.1. The highest BCUT2D eigenvalue weighted by Gasteiger charge is 2.23. The number of anilines is 2. The molecule has 0 fully saturated rings. The summed E-state index contributed by atoms with van der Waals surface area (Å²) in [7, 11) is -8.29. The molecular formula is C23H25N5O14S4. The molecule has 0 unspecified atom stereocenters. The van der Waals surface area contributed by atoms with Gasteiger partial charge in [0.1, 0.15) is 22.0 Å². The molecule has 0 saturated carbocycles. The van der Waals surface area contributed by atoms with E-state index in [9.17, 15) is 31.3 Å². The van der Waals surface area contributed by atoms with Crippen LogP contribution in [-0.4, -0.2) is 68.6 Å². The Kier molecular flexibility index (Phi) is 13.5. The molecule has 3 aromatic carbocycles. The zero-order valence-corrected chi connectivity index (χ0v) is 26.3. The number of urea groups is 1. The predicted molar refractivity (Wildman–Crippen MR) is 164 cm³/mol. The first-order valence-corrected chi connectivity index (χ1v) is 16.8. The van der Waals surface area contributed by atoms with Gasteiger partial charge < -0.3 is 26.2 Å². The van der Waals surface area contributed by atoms with Crippen LogP contribution in [0, 0.1) is 0 Å². The van der Waals surface area contributed by atoms with Gasteiger partial charge in [0.15, 0.2) is 9.84 Å². The van der Waals surface area contributed by atoms with Gasteiger partial charge in [0, 0.05) is 22.5 Å². The van der Waals surface area contributed by atoms with Crippen molar-refractivity contribution in [1.82, 2.24) is 5.32 Å². The minimum absolute atomic E-state index is 0.0147. The molecule has 0 aliphatic heterocycles. The van der Waals surface area contributed by atoms with Crippen LogP contribution in [0.15, 0.2) is 73.3 Å². The molecule has 8 N–H and O–H groups in total. The van der Waals surface area contributed by atoms with Gasteiger partial charge in [0.05, 0.1) is 59.0 Å². The lowest BCUT2D eigenvalue weighted by Crippen LogP contribution is -2.31. The number of amides is 2. The van der Waals surface area contributed by atoms with Crippen molar-refractivity contribution in [3.8, 4) is 5.75 Å². The Balaban J connectivity index is 1.86. The highest BCUT2D eigenvalue weighted by Crippen LogP contribution is 2.45. The van der Waals surface area contributed by atoms with E-state index in [0.29, 0.717) is 24.1 Å². The first-order chi connectivity index (χ1) is 21.8. The average Bonchev–Trinajstić information content (AvgIpc) is 3.00. The molecule has 0 saturated heterocycles. The topological polar surface area (TPSA) is 287 Å². The third-order valence-electron chi connectivity index (χ3n) is 5.53. The van der Waals surface area contributed by atoms with Gasteiger partial charge in [-0.05, 0) is 41.8 Å². The Morgan fingerprint density at radius 2 is 1.74 bits per heavy atom. The molecule has 2 amide bonds. The van der Waals surface area contributed by atoms with E-state index >= 15 is 0 Å². The number of phenolic OH excluding ortho intramolecular Hbond substituents is 1. The number of benzene rings is 3. The highest BCUT2D eigenvalue weighted by atomic mass is 32.2. The molecule has 0 bridgehead atoms.